The third kappa shape index (κ3) is 3.18. The van der Waals surface area contributed by atoms with Gasteiger partial charge in [0.1, 0.15) is 0 Å². The Kier molecular flexibility index (Phi) is 4.63. The monoisotopic (exact) mass is 265 g/mol. The van der Waals surface area contributed by atoms with E-state index in [1.54, 1.807) is 0 Å². The number of nitrogens with two attached hydrogens (primary N) is 1. The Morgan fingerprint density at radius 3 is 2.79 bits per heavy atom. The van der Waals surface area contributed by atoms with E-state index in [1.807, 2.05) is 7.11 Å². The third-order valence-electron chi connectivity index (χ3n) is 4.28. The van der Waals surface area contributed by atoms with Gasteiger partial charge in [0.2, 0.25) is 0 Å². The van der Waals surface area contributed by atoms with Gasteiger partial charge in [-0.3, -0.25) is 4.68 Å². The summed E-state index contributed by atoms with van der Waals surface area (Å²) in [5.74, 6) is 0. The first-order chi connectivity index (χ1) is 9.02. The van der Waals surface area contributed by atoms with Crippen molar-refractivity contribution in [2.45, 2.75) is 71.1 Å². The highest BCUT2D eigenvalue weighted by Gasteiger charge is 2.26. The maximum absolute atomic E-state index is 5.94. The number of hydrogen-bond donors (Lipinski definition) is 1. The van der Waals surface area contributed by atoms with Gasteiger partial charge in [0.05, 0.1) is 17.8 Å². The van der Waals surface area contributed by atoms with Gasteiger partial charge in [0.15, 0.2) is 0 Å². The van der Waals surface area contributed by atoms with Crippen molar-refractivity contribution in [2.75, 3.05) is 7.11 Å². The molecule has 0 aliphatic heterocycles. The molecular formula is C15H27N3O. The van der Waals surface area contributed by atoms with Crippen molar-refractivity contribution >= 4 is 0 Å². The molecule has 0 radical (unpaired) electrons. The van der Waals surface area contributed by atoms with Crippen molar-refractivity contribution in [3.05, 3.63) is 17.0 Å². The number of aromatic nitrogens is 2. The highest BCUT2D eigenvalue weighted by atomic mass is 16.5. The van der Waals surface area contributed by atoms with Crippen molar-refractivity contribution in [1.29, 1.82) is 0 Å². The summed E-state index contributed by atoms with van der Waals surface area (Å²) in [6.07, 6.45) is 6.00. The SMILES string of the molecule is COC1CCCC(n2nc(C)c(CC(C)N)c2C)C1. The van der Waals surface area contributed by atoms with Crippen LogP contribution < -0.4 is 5.73 Å². The molecule has 0 amide bonds. The van der Waals surface area contributed by atoms with Crippen LogP contribution in [0.25, 0.3) is 0 Å². The molecule has 0 bridgehead atoms. The van der Waals surface area contributed by atoms with Crippen molar-refractivity contribution in [3.8, 4) is 0 Å². The number of ether oxygens (including phenoxy) is 1. The fourth-order valence-corrected chi connectivity index (χ4v) is 3.23. The fraction of sp³-hybridized carbons (Fsp3) is 0.800. The molecule has 2 N–H and O–H groups in total. The second-order valence-electron chi connectivity index (χ2n) is 5.95. The zero-order valence-corrected chi connectivity index (χ0v) is 12.6. The molecule has 4 nitrogen and oxygen atoms in total. The molecule has 2 rings (SSSR count). The summed E-state index contributed by atoms with van der Waals surface area (Å²) in [7, 11) is 1.82. The van der Waals surface area contributed by atoms with Crippen LogP contribution in [0.4, 0.5) is 0 Å². The number of aryl methyl sites for hydroxylation is 1. The molecule has 1 aliphatic rings. The topological polar surface area (TPSA) is 53.1 Å². The Morgan fingerprint density at radius 2 is 2.16 bits per heavy atom. The predicted molar refractivity (Wildman–Crippen MR) is 77.4 cm³/mol. The van der Waals surface area contributed by atoms with Crippen LogP contribution in [-0.2, 0) is 11.2 Å². The maximum Gasteiger partial charge on any atom is 0.0629 e. The molecule has 3 atom stereocenters. The van der Waals surface area contributed by atoms with Gasteiger partial charge < -0.3 is 10.5 Å². The molecule has 1 aromatic rings. The van der Waals surface area contributed by atoms with Gasteiger partial charge in [-0.05, 0) is 58.4 Å². The van der Waals surface area contributed by atoms with Crippen molar-refractivity contribution < 1.29 is 4.74 Å². The fourth-order valence-electron chi connectivity index (χ4n) is 3.23. The predicted octanol–water partition coefficient (Wildman–Crippen LogP) is 2.52. The molecule has 1 heterocycles. The Morgan fingerprint density at radius 1 is 1.42 bits per heavy atom. The number of rotatable bonds is 4. The summed E-state index contributed by atoms with van der Waals surface area (Å²) >= 11 is 0. The van der Waals surface area contributed by atoms with E-state index in [2.05, 4.69) is 25.5 Å². The zero-order chi connectivity index (χ0) is 14.0. The smallest absolute Gasteiger partial charge is 0.0629 e. The standard InChI is InChI=1S/C15H27N3O/c1-10(16)8-15-11(2)17-18(12(15)3)13-6-5-7-14(9-13)19-4/h10,13-14H,5-9,16H2,1-4H3. The highest BCUT2D eigenvalue weighted by molar-refractivity contribution is 5.26. The molecule has 4 heteroatoms. The van der Waals surface area contributed by atoms with Crippen LogP contribution in [0.1, 0.15) is 55.6 Å². The number of methoxy groups -OCH3 is 1. The lowest BCUT2D eigenvalue weighted by molar-refractivity contribution is 0.0503. The van der Waals surface area contributed by atoms with Gasteiger partial charge in [-0.15, -0.1) is 0 Å². The van der Waals surface area contributed by atoms with E-state index in [0.29, 0.717) is 12.1 Å². The summed E-state index contributed by atoms with van der Waals surface area (Å²) in [5.41, 5.74) is 9.69. The number of nitrogens with zero attached hydrogens (tertiary/aromatic N) is 2. The van der Waals surface area contributed by atoms with E-state index in [1.165, 1.54) is 30.5 Å². The largest absolute Gasteiger partial charge is 0.381 e. The van der Waals surface area contributed by atoms with Crippen LogP contribution in [0.3, 0.4) is 0 Å². The summed E-state index contributed by atoms with van der Waals surface area (Å²) in [5, 5.41) is 4.76. The quantitative estimate of drug-likeness (QED) is 0.910. The second kappa shape index (κ2) is 6.06. The first kappa shape index (κ1) is 14.5. The molecule has 3 unspecified atom stereocenters. The Balaban J connectivity index is 2.20. The van der Waals surface area contributed by atoms with Crippen LogP contribution in [-0.4, -0.2) is 29.0 Å². The van der Waals surface area contributed by atoms with E-state index in [-0.39, 0.29) is 6.04 Å². The minimum atomic E-state index is 0.188. The average molecular weight is 265 g/mol. The Labute approximate surface area is 116 Å². The molecular weight excluding hydrogens is 238 g/mol. The molecule has 1 aromatic heterocycles. The van der Waals surface area contributed by atoms with Crippen molar-refractivity contribution in [3.63, 3.8) is 0 Å². The molecule has 0 saturated heterocycles. The second-order valence-corrected chi connectivity index (χ2v) is 5.95. The lowest BCUT2D eigenvalue weighted by Crippen LogP contribution is -2.25. The van der Waals surface area contributed by atoms with Gasteiger partial charge in [-0.2, -0.15) is 5.10 Å². The zero-order valence-electron chi connectivity index (χ0n) is 12.6. The average Bonchev–Trinajstić information content (AvgIpc) is 2.66. The minimum absolute atomic E-state index is 0.188. The molecule has 0 spiro atoms. The minimum Gasteiger partial charge on any atom is -0.381 e. The van der Waals surface area contributed by atoms with Gasteiger partial charge in [-0.1, -0.05) is 0 Å². The molecule has 1 aliphatic carbocycles. The van der Waals surface area contributed by atoms with Crippen LogP contribution in [0, 0.1) is 13.8 Å². The van der Waals surface area contributed by atoms with Crippen molar-refractivity contribution in [2.24, 2.45) is 5.73 Å². The van der Waals surface area contributed by atoms with Crippen LogP contribution in [0.15, 0.2) is 0 Å². The van der Waals surface area contributed by atoms with Crippen LogP contribution in [0.2, 0.25) is 0 Å². The van der Waals surface area contributed by atoms with E-state index >= 15 is 0 Å². The summed E-state index contributed by atoms with van der Waals surface area (Å²) < 4.78 is 7.74. The summed E-state index contributed by atoms with van der Waals surface area (Å²) in [6.45, 7) is 6.32. The molecule has 1 saturated carbocycles. The Hall–Kier alpha value is -0.870. The van der Waals surface area contributed by atoms with E-state index in [4.69, 9.17) is 15.6 Å². The van der Waals surface area contributed by atoms with Gasteiger partial charge in [0.25, 0.3) is 0 Å². The molecule has 19 heavy (non-hydrogen) atoms. The van der Waals surface area contributed by atoms with E-state index in [9.17, 15) is 0 Å². The molecule has 108 valence electrons. The van der Waals surface area contributed by atoms with Gasteiger partial charge >= 0.3 is 0 Å². The van der Waals surface area contributed by atoms with Crippen LogP contribution in [0.5, 0.6) is 0 Å². The molecule has 1 fully saturated rings. The Bertz CT molecular complexity index is 425. The van der Waals surface area contributed by atoms with Gasteiger partial charge in [0, 0.05) is 18.8 Å². The summed E-state index contributed by atoms with van der Waals surface area (Å²) in [6, 6.07) is 0.673. The first-order valence-electron chi connectivity index (χ1n) is 7.35. The normalized spacial score (nSPS) is 25.5. The summed E-state index contributed by atoms with van der Waals surface area (Å²) in [4.78, 5) is 0. The van der Waals surface area contributed by atoms with Crippen LogP contribution >= 0.6 is 0 Å². The lowest BCUT2D eigenvalue weighted by Gasteiger charge is -2.29. The highest BCUT2D eigenvalue weighted by Crippen LogP contribution is 2.31. The van der Waals surface area contributed by atoms with Gasteiger partial charge in [-0.25, -0.2) is 0 Å². The first-order valence-corrected chi connectivity index (χ1v) is 7.35. The van der Waals surface area contributed by atoms with E-state index < -0.39 is 0 Å². The van der Waals surface area contributed by atoms with Crippen molar-refractivity contribution in [1.82, 2.24) is 9.78 Å². The third-order valence-corrected chi connectivity index (χ3v) is 4.28. The van der Waals surface area contributed by atoms with E-state index in [0.717, 1.165) is 18.5 Å². The lowest BCUT2D eigenvalue weighted by atomic mass is 9.92. The molecule has 0 aromatic carbocycles. The number of hydrogen-bond acceptors (Lipinski definition) is 3. The maximum atomic E-state index is 5.94.